The predicted molar refractivity (Wildman–Crippen MR) is 132 cm³/mol. The van der Waals surface area contributed by atoms with Gasteiger partial charge in [0.05, 0.1) is 13.0 Å². The highest BCUT2D eigenvalue weighted by Crippen LogP contribution is 2.31. The highest BCUT2D eigenvalue weighted by Gasteiger charge is 2.20. The summed E-state index contributed by atoms with van der Waals surface area (Å²) in [7, 11) is 0. The van der Waals surface area contributed by atoms with E-state index in [4.69, 9.17) is 0 Å². The van der Waals surface area contributed by atoms with Crippen molar-refractivity contribution in [3.63, 3.8) is 0 Å². The van der Waals surface area contributed by atoms with Crippen LogP contribution in [0.3, 0.4) is 0 Å². The molecule has 0 saturated carbocycles. The molecule has 0 bridgehead atoms. The second-order valence-electron chi connectivity index (χ2n) is 8.06. The first-order valence-electron chi connectivity index (χ1n) is 10.8. The topological polar surface area (TPSA) is 49.4 Å². The number of amides is 2. The fourth-order valence-corrected chi connectivity index (χ4v) is 4.70. The van der Waals surface area contributed by atoms with Gasteiger partial charge in [-0.15, -0.1) is 11.3 Å². The Kier molecular flexibility index (Phi) is 8.01. The van der Waals surface area contributed by atoms with Crippen LogP contribution in [-0.4, -0.2) is 22.8 Å². The molecule has 0 aliphatic rings. The first kappa shape index (κ1) is 23.5. The number of hydrogen-bond acceptors (Lipinski definition) is 3. The molecule has 4 nitrogen and oxygen atoms in total. The standard InChI is InChI=1S/C27H30N2O2S/c1-5-26(30)28-17-22-12-8-7-11-21(22)16-27(31)29(19(2)3)18-23-14-15-25(32-23)24-13-9-6-10-20(24)4/h5-15,19H,1,16-18H2,2-4H3,(H,28,30). The van der Waals surface area contributed by atoms with Crippen LogP contribution in [-0.2, 0) is 29.1 Å². The summed E-state index contributed by atoms with van der Waals surface area (Å²) in [4.78, 5) is 29.1. The first-order chi connectivity index (χ1) is 15.4. The quantitative estimate of drug-likeness (QED) is 0.441. The fourth-order valence-electron chi connectivity index (χ4n) is 3.61. The van der Waals surface area contributed by atoms with Gasteiger partial charge in [0.1, 0.15) is 0 Å². The van der Waals surface area contributed by atoms with Crippen LogP contribution in [0.25, 0.3) is 10.4 Å². The Balaban J connectivity index is 1.73. The number of hydrogen-bond donors (Lipinski definition) is 1. The molecule has 0 fully saturated rings. The lowest BCUT2D eigenvalue weighted by atomic mass is 10.0. The van der Waals surface area contributed by atoms with E-state index < -0.39 is 0 Å². The maximum atomic E-state index is 13.3. The number of aryl methyl sites for hydroxylation is 1. The molecule has 1 aromatic heterocycles. The molecule has 0 atom stereocenters. The largest absolute Gasteiger partial charge is 0.348 e. The Morgan fingerprint density at radius 3 is 2.41 bits per heavy atom. The van der Waals surface area contributed by atoms with Gasteiger partial charge in [-0.1, -0.05) is 55.1 Å². The molecular weight excluding hydrogens is 416 g/mol. The van der Waals surface area contributed by atoms with Gasteiger partial charge in [-0.3, -0.25) is 9.59 Å². The van der Waals surface area contributed by atoms with Crippen molar-refractivity contribution < 1.29 is 9.59 Å². The SMILES string of the molecule is C=CC(=O)NCc1ccccc1CC(=O)N(Cc1ccc(-c2ccccc2C)s1)C(C)C. The van der Waals surface area contributed by atoms with Crippen LogP contribution in [0.2, 0.25) is 0 Å². The Labute approximate surface area is 194 Å². The molecule has 0 aliphatic heterocycles. The molecular formula is C27H30N2O2S. The van der Waals surface area contributed by atoms with Gasteiger partial charge >= 0.3 is 0 Å². The number of carbonyl (C=O) groups excluding carboxylic acids is 2. The summed E-state index contributed by atoms with van der Waals surface area (Å²) in [5.74, 6) is -0.148. The molecule has 32 heavy (non-hydrogen) atoms. The summed E-state index contributed by atoms with van der Waals surface area (Å²) in [6.07, 6.45) is 1.55. The van der Waals surface area contributed by atoms with E-state index in [-0.39, 0.29) is 17.9 Å². The number of nitrogens with zero attached hydrogens (tertiary/aromatic N) is 1. The van der Waals surface area contributed by atoms with Gasteiger partial charge in [0.2, 0.25) is 11.8 Å². The molecule has 3 aromatic rings. The summed E-state index contributed by atoms with van der Waals surface area (Å²) in [6.45, 7) is 10.7. The summed E-state index contributed by atoms with van der Waals surface area (Å²) in [6, 6.07) is 20.4. The molecule has 2 aromatic carbocycles. The molecule has 1 heterocycles. The van der Waals surface area contributed by atoms with Crippen LogP contribution < -0.4 is 5.32 Å². The van der Waals surface area contributed by atoms with Gasteiger partial charge in [-0.05, 0) is 61.2 Å². The minimum absolute atomic E-state index is 0.0772. The second kappa shape index (κ2) is 10.9. The van der Waals surface area contributed by atoms with Crippen molar-refractivity contribution in [2.75, 3.05) is 0 Å². The van der Waals surface area contributed by atoms with E-state index >= 15 is 0 Å². The van der Waals surface area contributed by atoms with Gasteiger partial charge in [0, 0.05) is 22.3 Å². The molecule has 2 amide bonds. The van der Waals surface area contributed by atoms with Crippen molar-refractivity contribution >= 4 is 23.2 Å². The summed E-state index contributed by atoms with van der Waals surface area (Å²) in [5, 5.41) is 2.80. The van der Waals surface area contributed by atoms with E-state index in [1.165, 1.54) is 22.1 Å². The zero-order valence-corrected chi connectivity index (χ0v) is 19.7. The average molecular weight is 447 g/mol. The van der Waals surface area contributed by atoms with Gasteiger partial charge < -0.3 is 10.2 Å². The van der Waals surface area contributed by atoms with E-state index in [0.29, 0.717) is 19.5 Å². The molecule has 0 unspecified atom stereocenters. The third kappa shape index (κ3) is 5.95. The molecule has 0 saturated heterocycles. The number of benzene rings is 2. The van der Waals surface area contributed by atoms with Crippen molar-refractivity contribution in [2.24, 2.45) is 0 Å². The van der Waals surface area contributed by atoms with Crippen LogP contribution in [0.1, 0.15) is 35.4 Å². The molecule has 0 spiro atoms. The van der Waals surface area contributed by atoms with E-state index in [0.717, 1.165) is 16.0 Å². The molecule has 0 radical (unpaired) electrons. The van der Waals surface area contributed by atoms with E-state index in [2.05, 4.69) is 49.2 Å². The van der Waals surface area contributed by atoms with Crippen molar-refractivity contribution in [3.05, 3.63) is 94.9 Å². The normalized spacial score (nSPS) is 10.8. The zero-order valence-electron chi connectivity index (χ0n) is 18.9. The average Bonchev–Trinajstić information content (AvgIpc) is 3.25. The lowest BCUT2D eigenvalue weighted by molar-refractivity contribution is -0.132. The number of rotatable bonds is 9. The molecule has 5 heteroatoms. The predicted octanol–water partition coefficient (Wildman–Crippen LogP) is 5.51. The van der Waals surface area contributed by atoms with E-state index in [1.807, 2.05) is 49.1 Å². The Bertz CT molecular complexity index is 1100. The monoisotopic (exact) mass is 446 g/mol. The van der Waals surface area contributed by atoms with Crippen molar-refractivity contribution in [3.8, 4) is 10.4 Å². The Morgan fingerprint density at radius 1 is 1.03 bits per heavy atom. The van der Waals surface area contributed by atoms with Gasteiger partial charge in [-0.25, -0.2) is 0 Å². The van der Waals surface area contributed by atoms with Gasteiger partial charge in [0.25, 0.3) is 0 Å². The first-order valence-corrected chi connectivity index (χ1v) is 11.6. The number of nitrogens with one attached hydrogen (secondary N) is 1. The van der Waals surface area contributed by atoms with Crippen molar-refractivity contribution in [1.82, 2.24) is 10.2 Å². The highest BCUT2D eigenvalue weighted by atomic mass is 32.1. The van der Waals surface area contributed by atoms with E-state index in [9.17, 15) is 9.59 Å². The van der Waals surface area contributed by atoms with Crippen molar-refractivity contribution in [2.45, 2.75) is 46.3 Å². The maximum Gasteiger partial charge on any atom is 0.243 e. The molecule has 1 N–H and O–H groups in total. The Morgan fingerprint density at radius 2 is 1.72 bits per heavy atom. The number of carbonyl (C=O) groups is 2. The van der Waals surface area contributed by atoms with Crippen LogP contribution in [0.4, 0.5) is 0 Å². The van der Waals surface area contributed by atoms with Crippen LogP contribution >= 0.6 is 11.3 Å². The lowest BCUT2D eigenvalue weighted by Gasteiger charge is -2.27. The van der Waals surface area contributed by atoms with Crippen LogP contribution in [0, 0.1) is 6.92 Å². The highest BCUT2D eigenvalue weighted by molar-refractivity contribution is 7.15. The number of thiophene rings is 1. The minimum atomic E-state index is -0.225. The minimum Gasteiger partial charge on any atom is -0.348 e. The van der Waals surface area contributed by atoms with E-state index in [1.54, 1.807) is 11.3 Å². The molecule has 3 rings (SSSR count). The summed E-state index contributed by atoms with van der Waals surface area (Å²) >= 11 is 1.74. The van der Waals surface area contributed by atoms with Gasteiger partial charge in [-0.2, -0.15) is 0 Å². The maximum absolute atomic E-state index is 13.3. The molecule has 0 aliphatic carbocycles. The van der Waals surface area contributed by atoms with Crippen molar-refractivity contribution in [1.29, 1.82) is 0 Å². The van der Waals surface area contributed by atoms with Crippen LogP contribution in [0.5, 0.6) is 0 Å². The van der Waals surface area contributed by atoms with Crippen LogP contribution in [0.15, 0.2) is 73.3 Å². The third-order valence-electron chi connectivity index (χ3n) is 5.44. The smallest absolute Gasteiger partial charge is 0.243 e. The molecule has 166 valence electrons. The zero-order chi connectivity index (χ0) is 23.1. The summed E-state index contributed by atoms with van der Waals surface area (Å²) < 4.78 is 0. The second-order valence-corrected chi connectivity index (χ2v) is 9.23. The third-order valence-corrected chi connectivity index (χ3v) is 6.54. The fraction of sp³-hybridized carbons (Fsp3) is 0.259. The Hall–Kier alpha value is -3.18. The summed E-state index contributed by atoms with van der Waals surface area (Å²) in [5.41, 5.74) is 4.36. The lowest BCUT2D eigenvalue weighted by Crippen LogP contribution is -2.37. The van der Waals surface area contributed by atoms with Gasteiger partial charge in [0.15, 0.2) is 0 Å².